The fraction of sp³-hybridized carbons (Fsp3) is 0.280. The van der Waals surface area contributed by atoms with Gasteiger partial charge in [-0.15, -0.1) is 0 Å². The molecule has 2 atom stereocenters. The lowest BCUT2D eigenvalue weighted by Gasteiger charge is -2.27. The van der Waals surface area contributed by atoms with Crippen molar-refractivity contribution in [1.29, 1.82) is 0 Å². The van der Waals surface area contributed by atoms with Gasteiger partial charge in [0, 0.05) is 46.6 Å². The lowest BCUT2D eigenvalue weighted by atomic mass is 9.90. The summed E-state index contributed by atoms with van der Waals surface area (Å²) in [4.78, 5) is 10.6. The van der Waals surface area contributed by atoms with Crippen LogP contribution < -0.4 is 5.32 Å². The van der Waals surface area contributed by atoms with Crippen molar-refractivity contribution in [2.45, 2.75) is 44.4 Å². The number of hydrogen-bond donors (Lipinski definition) is 2. The van der Waals surface area contributed by atoms with Crippen molar-refractivity contribution in [3.8, 4) is 11.1 Å². The quantitative estimate of drug-likeness (QED) is 0.391. The molecule has 0 saturated carbocycles. The lowest BCUT2D eigenvalue weighted by molar-refractivity contribution is -0.144. The van der Waals surface area contributed by atoms with Gasteiger partial charge in [0.25, 0.3) is 0 Å². The van der Waals surface area contributed by atoms with Gasteiger partial charge in [0.05, 0.1) is 0 Å². The molecule has 0 spiro atoms. The lowest BCUT2D eigenvalue weighted by Crippen LogP contribution is -2.27. The molecule has 0 aliphatic heterocycles. The average molecular weight is 436 g/mol. The second-order valence-electron chi connectivity index (χ2n) is 8.31. The number of nitrogens with zero attached hydrogens (tertiary/aromatic N) is 2. The van der Waals surface area contributed by atoms with E-state index < -0.39 is 12.0 Å². The smallest absolute Gasteiger partial charge is 0.357 e. The van der Waals surface area contributed by atoms with Crippen LogP contribution in [-0.2, 0) is 12.6 Å². The number of hydrogen-bond acceptors (Lipinski definition) is 3. The SMILES string of the molecule is C[C@@H](N[C@@H]1CCCc2c1[nH]c1ccc(-c3cnc(C(F)(F)F)nc3)cc21)c1ccccc1. The van der Waals surface area contributed by atoms with Crippen molar-refractivity contribution >= 4 is 10.9 Å². The van der Waals surface area contributed by atoms with Crippen LogP contribution in [0.3, 0.4) is 0 Å². The molecule has 4 nitrogen and oxygen atoms in total. The van der Waals surface area contributed by atoms with Crippen molar-refractivity contribution in [2.24, 2.45) is 0 Å². The number of benzene rings is 2. The van der Waals surface area contributed by atoms with Gasteiger partial charge in [0.1, 0.15) is 0 Å². The standard InChI is InChI=1S/C25H23F3N4/c1-15(16-6-3-2-4-7-16)31-22-9-5-8-19-20-12-17(10-11-21(20)32-23(19)22)18-13-29-24(30-14-18)25(26,27)28/h2-4,6-7,10-15,22,31-32H,5,8-9H2,1H3/t15-,22-/m1/s1. The topological polar surface area (TPSA) is 53.6 Å². The van der Waals surface area contributed by atoms with Crippen LogP contribution in [0.5, 0.6) is 0 Å². The molecule has 1 aliphatic carbocycles. The Morgan fingerprint density at radius 1 is 1.03 bits per heavy atom. The largest absolute Gasteiger partial charge is 0.451 e. The van der Waals surface area contributed by atoms with E-state index in [9.17, 15) is 13.2 Å². The Kier molecular flexibility index (Phi) is 5.21. The van der Waals surface area contributed by atoms with Gasteiger partial charge in [-0.25, -0.2) is 9.97 Å². The second-order valence-corrected chi connectivity index (χ2v) is 8.31. The van der Waals surface area contributed by atoms with Gasteiger partial charge >= 0.3 is 6.18 Å². The molecule has 164 valence electrons. The predicted octanol–water partition coefficient (Wildman–Crippen LogP) is 6.37. The summed E-state index contributed by atoms with van der Waals surface area (Å²) in [7, 11) is 0. The molecule has 4 aromatic rings. The number of aryl methyl sites for hydroxylation is 1. The van der Waals surface area contributed by atoms with Crippen LogP contribution in [0.25, 0.3) is 22.0 Å². The highest BCUT2D eigenvalue weighted by Crippen LogP contribution is 2.37. The van der Waals surface area contributed by atoms with E-state index >= 15 is 0 Å². The summed E-state index contributed by atoms with van der Waals surface area (Å²) < 4.78 is 38.3. The number of rotatable bonds is 4. The molecule has 0 bridgehead atoms. The Bertz CT molecular complexity index is 1230. The zero-order valence-electron chi connectivity index (χ0n) is 17.6. The molecule has 2 aromatic heterocycles. The predicted molar refractivity (Wildman–Crippen MR) is 118 cm³/mol. The van der Waals surface area contributed by atoms with Crippen molar-refractivity contribution < 1.29 is 13.2 Å². The molecule has 2 aromatic carbocycles. The number of aromatic amines is 1. The fourth-order valence-electron chi connectivity index (χ4n) is 4.57. The van der Waals surface area contributed by atoms with E-state index in [4.69, 9.17) is 0 Å². The Morgan fingerprint density at radius 2 is 1.78 bits per heavy atom. The number of nitrogens with one attached hydrogen (secondary N) is 2. The molecule has 2 N–H and O–H groups in total. The first kappa shape index (κ1) is 20.7. The third kappa shape index (κ3) is 3.88. The molecule has 0 fully saturated rings. The van der Waals surface area contributed by atoms with E-state index in [1.807, 2.05) is 24.3 Å². The van der Waals surface area contributed by atoms with Crippen LogP contribution in [0.15, 0.2) is 60.9 Å². The molecular formula is C25H23F3N4. The van der Waals surface area contributed by atoms with E-state index in [1.165, 1.54) is 29.2 Å². The van der Waals surface area contributed by atoms with Crippen LogP contribution in [-0.4, -0.2) is 15.0 Å². The van der Waals surface area contributed by atoms with E-state index in [-0.39, 0.29) is 12.1 Å². The molecule has 0 radical (unpaired) electrons. The zero-order valence-corrected chi connectivity index (χ0v) is 17.6. The van der Waals surface area contributed by atoms with Gasteiger partial charge in [0.15, 0.2) is 0 Å². The van der Waals surface area contributed by atoms with E-state index in [0.29, 0.717) is 5.56 Å². The third-order valence-electron chi connectivity index (χ3n) is 6.20. The van der Waals surface area contributed by atoms with E-state index in [2.05, 4.69) is 51.5 Å². The maximum atomic E-state index is 12.8. The maximum absolute atomic E-state index is 12.8. The summed E-state index contributed by atoms with van der Waals surface area (Å²) in [6, 6.07) is 16.7. The molecule has 5 rings (SSSR count). The van der Waals surface area contributed by atoms with Crippen molar-refractivity contribution in [3.63, 3.8) is 0 Å². The van der Waals surface area contributed by atoms with Gasteiger partial charge in [-0.1, -0.05) is 36.4 Å². The minimum Gasteiger partial charge on any atom is -0.357 e. The monoisotopic (exact) mass is 436 g/mol. The Labute approximate surface area is 183 Å². The minimum atomic E-state index is -4.54. The summed E-state index contributed by atoms with van der Waals surface area (Å²) >= 11 is 0. The normalized spacial score (nSPS) is 17.3. The first-order valence-corrected chi connectivity index (χ1v) is 10.8. The molecule has 0 unspecified atom stereocenters. The van der Waals surface area contributed by atoms with Crippen LogP contribution >= 0.6 is 0 Å². The van der Waals surface area contributed by atoms with Crippen molar-refractivity contribution in [1.82, 2.24) is 20.3 Å². The summed E-state index contributed by atoms with van der Waals surface area (Å²) in [5, 5.41) is 4.87. The average Bonchev–Trinajstić information content (AvgIpc) is 3.18. The van der Waals surface area contributed by atoms with Gasteiger partial charge in [-0.2, -0.15) is 13.2 Å². The molecular weight excluding hydrogens is 413 g/mol. The van der Waals surface area contributed by atoms with Crippen LogP contribution in [0, 0.1) is 0 Å². The molecule has 32 heavy (non-hydrogen) atoms. The van der Waals surface area contributed by atoms with Crippen LogP contribution in [0.1, 0.15) is 54.5 Å². The minimum absolute atomic E-state index is 0.221. The Hall–Kier alpha value is -3.19. The van der Waals surface area contributed by atoms with Crippen LogP contribution in [0.2, 0.25) is 0 Å². The highest BCUT2D eigenvalue weighted by molar-refractivity contribution is 5.89. The van der Waals surface area contributed by atoms with Crippen molar-refractivity contribution in [3.05, 3.63) is 83.6 Å². The van der Waals surface area contributed by atoms with Gasteiger partial charge in [-0.05, 0) is 55.0 Å². The first-order valence-electron chi connectivity index (χ1n) is 10.8. The third-order valence-corrected chi connectivity index (χ3v) is 6.20. The fourth-order valence-corrected chi connectivity index (χ4v) is 4.57. The molecule has 0 saturated heterocycles. The number of fused-ring (bicyclic) bond motifs is 3. The summed E-state index contributed by atoms with van der Waals surface area (Å²) in [5.41, 5.74) is 6.14. The van der Waals surface area contributed by atoms with E-state index in [1.54, 1.807) is 0 Å². The second kappa shape index (κ2) is 8.06. The Morgan fingerprint density at radius 3 is 2.50 bits per heavy atom. The van der Waals surface area contributed by atoms with Crippen LogP contribution in [0.4, 0.5) is 13.2 Å². The van der Waals surface area contributed by atoms with Crippen molar-refractivity contribution in [2.75, 3.05) is 0 Å². The molecule has 0 amide bonds. The number of halogens is 3. The molecule has 1 aliphatic rings. The van der Waals surface area contributed by atoms with Gasteiger partial charge < -0.3 is 10.3 Å². The van der Waals surface area contributed by atoms with E-state index in [0.717, 1.165) is 35.7 Å². The van der Waals surface area contributed by atoms with Gasteiger partial charge in [-0.3, -0.25) is 0 Å². The number of alkyl halides is 3. The molecule has 2 heterocycles. The number of H-pyrrole nitrogens is 1. The maximum Gasteiger partial charge on any atom is 0.451 e. The number of aromatic nitrogens is 3. The Balaban J connectivity index is 1.46. The first-order chi connectivity index (χ1) is 15.4. The van der Waals surface area contributed by atoms with Gasteiger partial charge in [0.2, 0.25) is 5.82 Å². The highest BCUT2D eigenvalue weighted by Gasteiger charge is 2.34. The highest BCUT2D eigenvalue weighted by atomic mass is 19.4. The summed E-state index contributed by atoms with van der Waals surface area (Å²) in [5.74, 6) is -1.12. The molecule has 7 heteroatoms. The zero-order chi connectivity index (χ0) is 22.3. The summed E-state index contributed by atoms with van der Waals surface area (Å²) in [6.45, 7) is 2.18. The summed E-state index contributed by atoms with van der Waals surface area (Å²) in [6.07, 6.45) is 1.04.